The van der Waals surface area contributed by atoms with Crippen molar-refractivity contribution in [2.75, 3.05) is 7.05 Å². The standard InChI is InChI=1S/C16H18ClFN2/c1-10-4-6-13(11(2)20-10)16(19-3)9-12-5-7-14(17)15(18)8-12/h4-8,16,19H,9H2,1-3H3. The molecule has 0 bridgehead atoms. The molecular formula is C16H18ClFN2. The highest BCUT2D eigenvalue weighted by molar-refractivity contribution is 6.30. The Morgan fingerprint density at radius 2 is 2.00 bits per heavy atom. The first-order chi connectivity index (χ1) is 9.51. The van der Waals surface area contributed by atoms with Crippen LogP contribution in [0.2, 0.25) is 5.02 Å². The second-order valence-corrected chi connectivity index (χ2v) is 5.33. The zero-order chi connectivity index (χ0) is 14.7. The molecule has 0 saturated carbocycles. The molecule has 1 N–H and O–H groups in total. The van der Waals surface area contributed by atoms with E-state index < -0.39 is 0 Å². The number of pyridine rings is 1. The molecule has 1 aromatic heterocycles. The highest BCUT2D eigenvalue weighted by atomic mass is 35.5. The third kappa shape index (κ3) is 3.35. The molecule has 1 aromatic carbocycles. The van der Waals surface area contributed by atoms with E-state index in [1.807, 2.05) is 33.0 Å². The van der Waals surface area contributed by atoms with Gasteiger partial charge in [-0.05, 0) is 56.6 Å². The molecule has 0 amide bonds. The summed E-state index contributed by atoms with van der Waals surface area (Å²) in [6.07, 6.45) is 0.691. The van der Waals surface area contributed by atoms with Crippen molar-refractivity contribution in [1.29, 1.82) is 0 Å². The maximum atomic E-state index is 13.5. The summed E-state index contributed by atoms with van der Waals surface area (Å²) in [6.45, 7) is 3.97. The normalized spacial score (nSPS) is 12.4. The molecule has 4 heteroatoms. The minimum Gasteiger partial charge on any atom is -0.313 e. The lowest BCUT2D eigenvalue weighted by Gasteiger charge is -2.19. The van der Waals surface area contributed by atoms with E-state index in [-0.39, 0.29) is 16.9 Å². The Hall–Kier alpha value is -1.45. The van der Waals surface area contributed by atoms with Gasteiger partial charge in [-0.2, -0.15) is 0 Å². The molecule has 2 rings (SSSR count). The first-order valence-electron chi connectivity index (χ1n) is 6.56. The SMILES string of the molecule is CNC(Cc1ccc(Cl)c(F)c1)c1ccc(C)nc1C. The van der Waals surface area contributed by atoms with Crippen LogP contribution in [0, 0.1) is 19.7 Å². The molecule has 1 heterocycles. The van der Waals surface area contributed by atoms with Crippen molar-refractivity contribution >= 4 is 11.6 Å². The van der Waals surface area contributed by atoms with Crippen LogP contribution in [0.5, 0.6) is 0 Å². The highest BCUT2D eigenvalue weighted by Gasteiger charge is 2.14. The van der Waals surface area contributed by atoms with Gasteiger partial charge in [-0.1, -0.05) is 23.7 Å². The van der Waals surface area contributed by atoms with Crippen LogP contribution in [-0.2, 0) is 6.42 Å². The van der Waals surface area contributed by atoms with Gasteiger partial charge in [0.05, 0.1) is 5.02 Å². The van der Waals surface area contributed by atoms with Crippen LogP contribution in [-0.4, -0.2) is 12.0 Å². The average Bonchev–Trinajstić information content (AvgIpc) is 2.41. The number of likely N-dealkylation sites (N-methyl/N-ethyl adjacent to an activating group) is 1. The molecule has 20 heavy (non-hydrogen) atoms. The maximum absolute atomic E-state index is 13.5. The van der Waals surface area contributed by atoms with Gasteiger partial charge in [0.2, 0.25) is 0 Å². The summed E-state index contributed by atoms with van der Waals surface area (Å²) in [6, 6.07) is 9.11. The molecule has 0 spiro atoms. The summed E-state index contributed by atoms with van der Waals surface area (Å²) >= 11 is 5.71. The fraction of sp³-hybridized carbons (Fsp3) is 0.312. The van der Waals surface area contributed by atoms with Gasteiger partial charge in [0.1, 0.15) is 5.82 Å². The lowest BCUT2D eigenvalue weighted by molar-refractivity contribution is 0.579. The predicted octanol–water partition coefficient (Wildman–Crippen LogP) is 3.99. The fourth-order valence-corrected chi connectivity index (χ4v) is 2.45. The van der Waals surface area contributed by atoms with Gasteiger partial charge in [0, 0.05) is 17.4 Å². The van der Waals surface area contributed by atoms with E-state index in [1.165, 1.54) is 6.07 Å². The van der Waals surface area contributed by atoms with E-state index in [4.69, 9.17) is 11.6 Å². The van der Waals surface area contributed by atoms with Crippen molar-refractivity contribution < 1.29 is 4.39 Å². The lowest BCUT2D eigenvalue weighted by atomic mass is 9.97. The molecule has 1 atom stereocenters. The van der Waals surface area contributed by atoms with E-state index in [0.29, 0.717) is 6.42 Å². The Balaban J connectivity index is 2.26. The van der Waals surface area contributed by atoms with Gasteiger partial charge in [0.15, 0.2) is 0 Å². The summed E-state index contributed by atoms with van der Waals surface area (Å²) in [5.74, 6) is -0.377. The van der Waals surface area contributed by atoms with Crippen LogP contribution < -0.4 is 5.32 Å². The number of aryl methyl sites for hydroxylation is 2. The fourth-order valence-electron chi connectivity index (χ4n) is 2.34. The van der Waals surface area contributed by atoms with Gasteiger partial charge >= 0.3 is 0 Å². The molecule has 0 aliphatic carbocycles. The second kappa shape index (κ2) is 6.33. The van der Waals surface area contributed by atoms with Gasteiger partial charge < -0.3 is 5.32 Å². The first-order valence-corrected chi connectivity index (χ1v) is 6.94. The van der Waals surface area contributed by atoms with Crippen molar-refractivity contribution in [3.05, 3.63) is 63.7 Å². The number of hydrogen-bond donors (Lipinski definition) is 1. The third-order valence-corrected chi connectivity index (χ3v) is 3.72. The molecule has 0 aliphatic heterocycles. The maximum Gasteiger partial charge on any atom is 0.142 e. The van der Waals surface area contributed by atoms with Crippen LogP contribution in [0.15, 0.2) is 30.3 Å². The largest absolute Gasteiger partial charge is 0.313 e. The van der Waals surface area contributed by atoms with Crippen molar-refractivity contribution in [1.82, 2.24) is 10.3 Å². The van der Waals surface area contributed by atoms with Crippen LogP contribution in [0.1, 0.15) is 28.6 Å². The quantitative estimate of drug-likeness (QED) is 0.921. The van der Waals surface area contributed by atoms with Crippen LogP contribution >= 0.6 is 11.6 Å². The highest BCUT2D eigenvalue weighted by Crippen LogP contribution is 2.23. The van der Waals surface area contributed by atoms with Gasteiger partial charge in [0.25, 0.3) is 0 Å². The minimum atomic E-state index is -0.377. The van der Waals surface area contributed by atoms with Crippen molar-refractivity contribution in [2.45, 2.75) is 26.3 Å². The van der Waals surface area contributed by atoms with Gasteiger partial charge in [-0.3, -0.25) is 4.98 Å². The minimum absolute atomic E-state index is 0.101. The lowest BCUT2D eigenvalue weighted by Crippen LogP contribution is -2.20. The zero-order valence-corrected chi connectivity index (χ0v) is 12.6. The first kappa shape index (κ1) is 14.9. The number of nitrogens with zero attached hydrogens (tertiary/aromatic N) is 1. The Bertz CT molecular complexity index is 613. The predicted molar refractivity (Wildman–Crippen MR) is 80.6 cm³/mol. The van der Waals surface area contributed by atoms with Crippen LogP contribution in [0.4, 0.5) is 4.39 Å². The van der Waals surface area contributed by atoms with E-state index >= 15 is 0 Å². The zero-order valence-electron chi connectivity index (χ0n) is 11.9. The van der Waals surface area contributed by atoms with Crippen LogP contribution in [0.25, 0.3) is 0 Å². The summed E-state index contributed by atoms with van der Waals surface area (Å²) in [5, 5.41) is 3.42. The molecule has 2 aromatic rings. The molecular weight excluding hydrogens is 275 g/mol. The van der Waals surface area contributed by atoms with Gasteiger partial charge in [-0.25, -0.2) is 4.39 Å². The smallest absolute Gasteiger partial charge is 0.142 e. The van der Waals surface area contributed by atoms with Crippen molar-refractivity contribution in [3.63, 3.8) is 0 Å². The van der Waals surface area contributed by atoms with E-state index in [0.717, 1.165) is 22.5 Å². The average molecular weight is 293 g/mol. The van der Waals surface area contributed by atoms with Crippen molar-refractivity contribution in [3.8, 4) is 0 Å². The summed E-state index contributed by atoms with van der Waals surface area (Å²) < 4.78 is 13.5. The Kier molecular flexibility index (Phi) is 4.73. The molecule has 106 valence electrons. The molecule has 2 nitrogen and oxygen atoms in total. The van der Waals surface area contributed by atoms with E-state index in [9.17, 15) is 4.39 Å². The summed E-state index contributed by atoms with van der Waals surface area (Å²) in [4.78, 5) is 4.48. The Morgan fingerprint density at radius 3 is 2.60 bits per heavy atom. The molecule has 0 aliphatic rings. The van der Waals surface area contributed by atoms with Gasteiger partial charge in [-0.15, -0.1) is 0 Å². The molecule has 1 unspecified atom stereocenters. The summed E-state index contributed by atoms with van der Waals surface area (Å²) in [5.41, 5.74) is 4.04. The van der Waals surface area contributed by atoms with Crippen LogP contribution in [0.3, 0.4) is 0 Å². The van der Waals surface area contributed by atoms with E-state index in [1.54, 1.807) is 6.07 Å². The Morgan fingerprint density at radius 1 is 1.25 bits per heavy atom. The number of nitrogens with one attached hydrogen (secondary N) is 1. The monoisotopic (exact) mass is 292 g/mol. The second-order valence-electron chi connectivity index (χ2n) is 4.92. The number of rotatable bonds is 4. The topological polar surface area (TPSA) is 24.9 Å². The molecule has 0 radical (unpaired) electrons. The van der Waals surface area contributed by atoms with E-state index in [2.05, 4.69) is 16.4 Å². The third-order valence-electron chi connectivity index (χ3n) is 3.41. The number of aromatic nitrogens is 1. The number of halogens is 2. The summed E-state index contributed by atoms with van der Waals surface area (Å²) in [7, 11) is 1.90. The Labute approximate surface area is 124 Å². The van der Waals surface area contributed by atoms with Crippen molar-refractivity contribution in [2.24, 2.45) is 0 Å². The number of benzene rings is 1. The molecule has 0 saturated heterocycles. The molecule has 0 fully saturated rings. The number of hydrogen-bond acceptors (Lipinski definition) is 2.